The molecule has 4 N–H and O–H groups in total. The van der Waals surface area contributed by atoms with Crippen LogP contribution in [0.1, 0.15) is 57.3 Å². The van der Waals surface area contributed by atoms with Crippen molar-refractivity contribution in [2.75, 3.05) is 32.7 Å². The number of carbonyl (C=O) groups is 1. The summed E-state index contributed by atoms with van der Waals surface area (Å²) in [6.45, 7) is 2.92. The van der Waals surface area contributed by atoms with E-state index < -0.39 is 34.7 Å². The molecule has 2 aromatic carbocycles. The second-order valence-electron chi connectivity index (χ2n) is 10.7. The third-order valence-corrected chi connectivity index (χ3v) is 8.78. The molecule has 2 unspecified atom stereocenters. The molecule has 2 aliphatic rings. The van der Waals surface area contributed by atoms with Gasteiger partial charge in [-0.05, 0) is 83.9 Å². The Morgan fingerprint density at radius 3 is 2.23 bits per heavy atom. The first-order valence-electron chi connectivity index (χ1n) is 13.1. The average Bonchev–Trinajstić information content (AvgIpc) is 3.58. The third-order valence-electron chi connectivity index (χ3n) is 8.08. The highest BCUT2D eigenvalue weighted by Crippen LogP contribution is 2.39. The first kappa shape index (κ1) is 28.7. The molecular formula is C29H31F3N2O5S. The van der Waals surface area contributed by atoms with Crippen molar-refractivity contribution in [1.82, 2.24) is 9.80 Å². The smallest absolute Gasteiger partial charge is 0.338 e. The summed E-state index contributed by atoms with van der Waals surface area (Å²) in [6, 6.07) is 3.31. The van der Waals surface area contributed by atoms with E-state index in [0.29, 0.717) is 12.5 Å². The number of amides is 1. The molecule has 3 aromatic rings. The first-order chi connectivity index (χ1) is 18.9. The van der Waals surface area contributed by atoms with Gasteiger partial charge in [-0.3, -0.25) is 4.79 Å². The Labute approximate surface area is 233 Å². The van der Waals surface area contributed by atoms with Crippen molar-refractivity contribution < 1.29 is 38.4 Å². The number of hydrogen-bond donors (Lipinski definition) is 4. The molecular weight excluding hydrogens is 545 g/mol. The summed E-state index contributed by atoms with van der Waals surface area (Å²) < 4.78 is 41.8. The molecule has 2 fully saturated rings. The lowest BCUT2D eigenvalue weighted by Crippen LogP contribution is -2.39. The Morgan fingerprint density at radius 2 is 1.62 bits per heavy atom. The van der Waals surface area contributed by atoms with Crippen LogP contribution in [-0.4, -0.2) is 68.9 Å². The number of hydrogen-bond acceptors (Lipinski definition) is 7. The fraction of sp³-hybridized carbons (Fsp3) is 0.414. The number of piperidine rings is 1. The van der Waals surface area contributed by atoms with E-state index in [4.69, 9.17) is 0 Å². The number of rotatable bonds is 7. The molecule has 1 aromatic heterocycles. The highest BCUT2D eigenvalue weighted by Gasteiger charge is 2.44. The van der Waals surface area contributed by atoms with Gasteiger partial charge in [-0.1, -0.05) is 24.3 Å². The van der Waals surface area contributed by atoms with Crippen LogP contribution < -0.4 is 0 Å². The Hall–Kier alpha value is -2.80. The molecule has 2 aliphatic heterocycles. The van der Waals surface area contributed by atoms with Crippen LogP contribution in [0.3, 0.4) is 0 Å². The average molecular weight is 577 g/mol. The fourth-order valence-electron chi connectivity index (χ4n) is 6.11. The highest BCUT2D eigenvalue weighted by molar-refractivity contribution is 7.08. The van der Waals surface area contributed by atoms with E-state index in [1.54, 1.807) is 0 Å². The van der Waals surface area contributed by atoms with Crippen molar-refractivity contribution in [2.24, 2.45) is 5.92 Å². The van der Waals surface area contributed by atoms with Crippen molar-refractivity contribution in [3.8, 4) is 0 Å². The number of aliphatic hydroxyl groups is 4. The molecule has 40 heavy (non-hydrogen) atoms. The molecule has 11 heteroatoms. The van der Waals surface area contributed by atoms with E-state index in [2.05, 4.69) is 4.90 Å². The summed E-state index contributed by atoms with van der Waals surface area (Å²) in [5.74, 6) is -0.709. The maximum absolute atomic E-state index is 14.4. The van der Waals surface area contributed by atoms with Crippen LogP contribution in [0.4, 0.5) is 13.2 Å². The lowest BCUT2D eigenvalue weighted by atomic mass is 9.87. The molecule has 0 spiro atoms. The largest absolute Gasteiger partial charge is 0.345 e. The highest BCUT2D eigenvalue weighted by atomic mass is 32.1. The summed E-state index contributed by atoms with van der Waals surface area (Å²) in [4.78, 5) is 17.4. The lowest BCUT2D eigenvalue weighted by Gasteiger charge is -2.34. The summed E-state index contributed by atoms with van der Waals surface area (Å²) >= 11 is 1.53. The Kier molecular flexibility index (Phi) is 8.06. The predicted octanol–water partition coefficient (Wildman–Crippen LogP) is 3.75. The maximum atomic E-state index is 14.4. The Balaban J connectivity index is 1.34. The minimum atomic E-state index is -4.19. The Bertz CT molecular complexity index is 1320. The van der Waals surface area contributed by atoms with Crippen molar-refractivity contribution in [1.29, 1.82) is 0 Å². The second-order valence-corrected chi connectivity index (χ2v) is 11.4. The van der Waals surface area contributed by atoms with Crippen LogP contribution in [0, 0.1) is 11.7 Å². The number of nitrogens with zero attached hydrogens (tertiary/aromatic N) is 2. The van der Waals surface area contributed by atoms with E-state index in [-0.39, 0.29) is 30.7 Å². The molecule has 7 nitrogen and oxygen atoms in total. The standard InChI is InChI=1S/C29H31F3N2O5S/c30-22-6-4-18(5-7-22)19-8-11-33(12-9-19)14-21-15-34(16-24(21)20-10-13-40-17-20)27(35)23-2-1-3-25(28(31,36)37)26(23)29(32,38)39/h1-7,10,13,17,19,21,24,36-39H,8-9,11-12,14-16H2. The number of thiophene rings is 1. The topological polar surface area (TPSA) is 104 Å². The SMILES string of the molecule is O=C(c1cccc(C(O)(O)F)c1C(O)(O)F)N1CC(CN2CCC(c3ccc(F)cc3)CC2)C(c2ccsc2)C1. The quantitative estimate of drug-likeness (QED) is 0.320. The zero-order valence-corrected chi connectivity index (χ0v) is 22.4. The molecule has 2 atom stereocenters. The fourth-order valence-corrected chi connectivity index (χ4v) is 6.83. The van der Waals surface area contributed by atoms with Gasteiger partial charge in [-0.2, -0.15) is 20.1 Å². The van der Waals surface area contributed by atoms with E-state index in [9.17, 15) is 38.4 Å². The molecule has 214 valence electrons. The summed E-state index contributed by atoms with van der Waals surface area (Å²) in [6.07, 6.45) is 1.83. The van der Waals surface area contributed by atoms with Gasteiger partial charge < -0.3 is 30.2 Å². The second kappa shape index (κ2) is 11.2. The van der Waals surface area contributed by atoms with E-state index >= 15 is 0 Å². The van der Waals surface area contributed by atoms with Crippen LogP contribution in [-0.2, 0) is 12.1 Å². The normalized spacial score (nSPS) is 21.2. The molecule has 0 saturated carbocycles. The zero-order chi connectivity index (χ0) is 28.7. The van der Waals surface area contributed by atoms with Gasteiger partial charge in [0.15, 0.2) is 0 Å². The zero-order valence-electron chi connectivity index (χ0n) is 21.6. The monoisotopic (exact) mass is 576 g/mol. The Morgan fingerprint density at radius 1 is 0.925 bits per heavy atom. The first-order valence-corrected chi connectivity index (χ1v) is 14.1. The van der Waals surface area contributed by atoms with E-state index in [1.165, 1.54) is 28.4 Å². The van der Waals surface area contributed by atoms with Crippen molar-refractivity contribution in [3.05, 3.63) is 92.9 Å². The van der Waals surface area contributed by atoms with Crippen LogP contribution in [0.25, 0.3) is 0 Å². The van der Waals surface area contributed by atoms with Crippen molar-refractivity contribution >= 4 is 17.2 Å². The molecule has 0 radical (unpaired) electrons. The number of likely N-dealkylation sites (tertiary alicyclic amines) is 2. The van der Waals surface area contributed by atoms with Gasteiger partial charge in [0, 0.05) is 25.6 Å². The van der Waals surface area contributed by atoms with E-state index in [1.807, 2.05) is 29.0 Å². The van der Waals surface area contributed by atoms with Gasteiger partial charge >= 0.3 is 12.1 Å². The molecule has 2 saturated heterocycles. The molecule has 0 aliphatic carbocycles. The van der Waals surface area contributed by atoms with Crippen LogP contribution in [0.15, 0.2) is 59.3 Å². The number of alkyl halides is 2. The third kappa shape index (κ3) is 6.09. The van der Waals surface area contributed by atoms with Crippen molar-refractivity contribution in [3.63, 3.8) is 0 Å². The van der Waals surface area contributed by atoms with Gasteiger partial charge in [-0.15, -0.1) is 0 Å². The summed E-state index contributed by atoms with van der Waals surface area (Å²) in [5, 5.41) is 42.3. The molecule has 3 heterocycles. The predicted molar refractivity (Wildman–Crippen MR) is 142 cm³/mol. The maximum Gasteiger partial charge on any atom is 0.345 e. The van der Waals surface area contributed by atoms with Gasteiger partial charge in [0.25, 0.3) is 5.91 Å². The van der Waals surface area contributed by atoms with E-state index in [0.717, 1.165) is 55.3 Å². The number of benzene rings is 2. The minimum absolute atomic E-state index is 0.0156. The van der Waals surface area contributed by atoms with Gasteiger partial charge in [0.05, 0.1) is 16.7 Å². The molecule has 5 rings (SSSR count). The number of carbonyl (C=O) groups excluding carboxylic acids is 1. The van der Waals surface area contributed by atoms with Crippen LogP contribution >= 0.6 is 11.3 Å². The van der Waals surface area contributed by atoms with Crippen molar-refractivity contribution in [2.45, 2.75) is 36.8 Å². The summed E-state index contributed by atoms with van der Waals surface area (Å²) in [5.41, 5.74) is -0.809. The van der Waals surface area contributed by atoms with Crippen LogP contribution in [0.5, 0.6) is 0 Å². The summed E-state index contributed by atoms with van der Waals surface area (Å²) in [7, 11) is 0. The molecule has 0 bridgehead atoms. The molecule has 1 amide bonds. The van der Waals surface area contributed by atoms with Crippen LogP contribution in [0.2, 0.25) is 0 Å². The van der Waals surface area contributed by atoms with Gasteiger partial charge in [0.2, 0.25) is 0 Å². The van der Waals surface area contributed by atoms with Gasteiger partial charge in [-0.25, -0.2) is 4.39 Å². The lowest BCUT2D eigenvalue weighted by molar-refractivity contribution is -0.290. The minimum Gasteiger partial charge on any atom is -0.338 e. The number of halogens is 3. The van der Waals surface area contributed by atoms with Gasteiger partial charge in [0.1, 0.15) is 5.82 Å².